The molecule has 15 aromatic rings. The van der Waals surface area contributed by atoms with Crippen LogP contribution in [0, 0.1) is 0 Å². The van der Waals surface area contributed by atoms with Crippen molar-refractivity contribution in [1.29, 1.82) is 0 Å². The van der Waals surface area contributed by atoms with Gasteiger partial charge in [-0.25, -0.2) is 15.0 Å². The van der Waals surface area contributed by atoms with Crippen LogP contribution >= 0.6 is 0 Å². The molecule has 342 valence electrons. The molecule has 6 heterocycles. The molecule has 0 saturated heterocycles. The molecular formula is C65H42N8. The van der Waals surface area contributed by atoms with E-state index in [1.165, 1.54) is 21.5 Å². The van der Waals surface area contributed by atoms with Gasteiger partial charge in [0.1, 0.15) is 0 Å². The summed E-state index contributed by atoms with van der Waals surface area (Å²) in [4.78, 5) is 15.0. The molecule has 0 amide bonds. The molecule has 73 heavy (non-hydrogen) atoms. The second kappa shape index (κ2) is 16.3. The summed E-state index contributed by atoms with van der Waals surface area (Å²) < 4.78 is 11.6. The van der Waals surface area contributed by atoms with E-state index in [0.717, 1.165) is 89.0 Å². The predicted molar refractivity (Wildman–Crippen MR) is 298 cm³/mol. The number of nitrogens with zero attached hydrogens (tertiary/aromatic N) is 8. The zero-order valence-electron chi connectivity index (χ0n) is 39.3. The average Bonchev–Trinajstić information content (AvgIpc) is 4.33. The van der Waals surface area contributed by atoms with Crippen molar-refractivity contribution in [2.75, 3.05) is 0 Å². The van der Waals surface area contributed by atoms with Crippen molar-refractivity contribution in [3.05, 3.63) is 255 Å². The van der Waals surface area contributed by atoms with E-state index in [-0.39, 0.29) is 0 Å². The highest BCUT2D eigenvalue weighted by atomic mass is 15.0. The van der Waals surface area contributed by atoms with Crippen molar-refractivity contribution >= 4 is 65.4 Å². The molecule has 0 bridgehead atoms. The first-order valence-electron chi connectivity index (χ1n) is 24.6. The highest BCUT2D eigenvalue weighted by Crippen LogP contribution is 2.41. The third-order valence-corrected chi connectivity index (χ3v) is 14.4. The standard InChI is InChI=1S/C65H42N8/c1-3-15-43(16-4-1)63-66-64(44-17-5-2-6-18-44)68-65(67-63)45-23-25-46(26-24-45)71-61-33-29-49(72-57-21-9-7-19-51(57)53-39-47(27-31-59(53)72)69-35-11-12-36-69)41-55(61)56-42-50(30-34-62(56)71)73-58-22-10-8-20-52(58)54-40-48(28-32-60(54)73)70-37-13-14-38-70/h1-42H. The van der Waals surface area contributed by atoms with Gasteiger partial charge in [0.15, 0.2) is 17.5 Å². The molecule has 8 heteroatoms. The second-order valence-corrected chi connectivity index (χ2v) is 18.6. The number of benzene rings is 9. The van der Waals surface area contributed by atoms with Crippen LogP contribution in [0.25, 0.3) is 128 Å². The van der Waals surface area contributed by atoms with E-state index in [2.05, 4.69) is 217 Å². The molecule has 0 spiro atoms. The molecule has 0 aliphatic carbocycles. The fourth-order valence-electron chi connectivity index (χ4n) is 11.1. The van der Waals surface area contributed by atoms with Gasteiger partial charge in [0.2, 0.25) is 0 Å². The quantitative estimate of drug-likeness (QED) is 0.152. The van der Waals surface area contributed by atoms with Crippen molar-refractivity contribution in [2.24, 2.45) is 0 Å². The molecule has 6 aromatic heterocycles. The number of aromatic nitrogens is 8. The van der Waals surface area contributed by atoms with E-state index in [1.54, 1.807) is 0 Å². The fourth-order valence-corrected chi connectivity index (χ4v) is 11.1. The lowest BCUT2D eigenvalue weighted by Gasteiger charge is -2.12. The van der Waals surface area contributed by atoms with Gasteiger partial charge in [-0.3, -0.25) is 0 Å². The third kappa shape index (κ3) is 6.58. The van der Waals surface area contributed by atoms with Crippen molar-refractivity contribution < 1.29 is 0 Å². The van der Waals surface area contributed by atoms with Crippen LogP contribution in [0.1, 0.15) is 0 Å². The van der Waals surface area contributed by atoms with Crippen molar-refractivity contribution in [3.8, 4) is 62.6 Å². The van der Waals surface area contributed by atoms with Gasteiger partial charge in [-0.1, -0.05) is 97.1 Å². The molecule has 0 atom stereocenters. The molecule has 9 aromatic carbocycles. The van der Waals surface area contributed by atoms with E-state index in [0.29, 0.717) is 17.5 Å². The second-order valence-electron chi connectivity index (χ2n) is 18.6. The first-order chi connectivity index (χ1) is 36.2. The fraction of sp³-hybridized carbons (Fsp3) is 0. The molecular weight excluding hydrogens is 893 g/mol. The minimum Gasteiger partial charge on any atom is -0.324 e. The van der Waals surface area contributed by atoms with E-state index in [1.807, 2.05) is 60.7 Å². The van der Waals surface area contributed by atoms with Gasteiger partial charge in [-0.2, -0.15) is 0 Å². The maximum absolute atomic E-state index is 5.05. The Bertz CT molecular complexity index is 4310. The summed E-state index contributed by atoms with van der Waals surface area (Å²) in [7, 11) is 0. The Hall–Kier alpha value is -10.1. The molecule has 0 unspecified atom stereocenters. The van der Waals surface area contributed by atoms with Crippen LogP contribution in [-0.4, -0.2) is 37.8 Å². The van der Waals surface area contributed by atoms with Crippen LogP contribution in [0.4, 0.5) is 0 Å². The number of rotatable bonds is 8. The molecule has 0 aliphatic rings. The SMILES string of the molecule is c1ccc(-c2nc(-c3ccccc3)nc(-c3ccc(-n4c5ccc(-n6c7ccccc7c7cc(-n8cccc8)ccc76)cc5c5cc(-n6c7ccccc7c7cc(-n8cccc8)ccc76)ccc54)cc3)n2)cc1. The van der Waals surface area contributed by atoms with Crippen LogP contribution in [0.3, 0.4) is 0 Å². The normalized spacial score (nSPS) is 11.8. The third-order valence-electron chi connectivity index (χ3n) is 14.4. The lowest BCUT2D eigenvalue weighted by Crippen LogP contribution is -2.00. The minimum atomic E-state index is 0.620. The van der Waals surface area contributed by atoms with Gasteiger partial charge >= 0.3 is 0 Å². The van der Waals surface area contributed by atoms with Crippen molar-refractivity contribution in [2.45, 2.75) is 0 Å². The Kier molecular flexibility index (Phi) is 9.09. The minimum absolute atomic E-state index is 0.620. The van der Waals surface area contributed by atoms with Gasteiger partial charge in [-0.05, 0) is 133 Å². The van der Waals surface area contributed by atoms with Crippen molar-refractivity contribution in [1.82, 2.24) is 37.8 Å². The van der Waals surface area contributed by atoms with Crippen LogP contribution in [-0.2, 0) is 0 Å². The first-order valence-corrected chi connectivity index (χ1v) is 24.6. The Labute approximate surface area is 419 Å². The highest BCUT2D eigenvalue weighted by Gasteiger charge is 2.21. The number of hydrogen-bond acceptors (Lipinski definition) is 3. The molecule has 8 nitrogen and oxygen atoms in total. The van der Waals surface area contributed by atoms with E-state index >= 15 is 0 Å². The van der Waals surface area contributed by atoms with E-state index in [4.69, 9.17) is 15.0 Å². The van der Waals surface area contributed by atoms with Crippen LogP contribution in [0.5, 0.6) is 0 Å². The lowest BCUT2D eigenvalue weighted by atomic mass is 10.1. The topological polar surface area (TPSA) is 63.3 Å². The highest BCUT2D eigenvalue weighted by molar-refractivity contribution is 6.14. The van der Waals surface area contributed by atoms with E-state index < -0.39 is 0 Å². The van der Waals surface area contributed by atoms with E-state index in [9.17, 15) is 0 Å². The molecule has 0 saturated carbocycles. The molecule has 0 radical (unpaired) electrons. The molecule has 0 aliphatic heterocycles. The van der Waals surface area contributed by atoms with Crippen LogP contribution in [0.15, 0.2) is 255 Å². The maximum Gasteiger partial charge on any atom is 0.164 e. The Morgan fingerprint density at radius 2 is 0.521 bits per heavy atom. The van der Waals surface area contributed by atoms with Crippen LogP contribution in [0.2, 0.25) is 0 Å². The average molecular weight is 935 g/mol. The Morgan fingerprint density at radius 3 is 0.945 bits per heavy atom. The van der Waals surface area contributed by atoms with Gasteiger partial charge in [-0.15, -0.1) is 0 Å². The van der Waals surface area contributed by atoms with Gasteiger partial charge in [0.05, 0.1) is 33.1 Å². The summed E-state index contributed by atoms with van der Waals surface area (Å²) in [5, 5.41) is 7.16. The summed E-state index contributed by atoms with van der Waals surface area (Å²) in [6.45, 7) is 0. The summed E-state index contributed by atoms with van der Waals surface area (Å²) in [5.41, 5.74) is 15.1. The van der Waals surface area contributed by atoms with Crippen LogP contribution < -0.4 is 0 Å². The number of para-hydroxylation sites is 2. The molecule has 15 rings (SSSR count). The number of hydrogen-bond donors (Lipinski definition) is 0. The maximum atomic E-state index is 5.05. The monoisotopic (exact) mass is 934 g/mol. The number of fused-ring (bicyclic) bond motifs is 9. The zero-order chi connectivity index (χ0) is 48.0. The summed E-state index contributed by atoms with van der Waals surface area (Å²) in [6, 6.07) is 82.1. The van der Waals surface area contributed by atoms with Gasteiger partial charge in [0.25, 0.3) is 0 Å². The smallest absolute Gasteiger partial charge is 0.164 e. The largest absolute Gasteiger partial charge is 0.324 e. The predicted octanol–water partition coefficient (Wildman–Crippen LogP) is 15.7. The summed E-state index contributed by atoms with van der Waals surface area (Å²) in [6.07, 6.45) is 8.40. The summed E-state index contributed by atoms with van der Waals surface area (Å²) >= 11 is 0. The lowest BCUT2D eigenvalue weighted by molar-refractivity contribution is 1.07. The first kappa shape index (κ1) is 40.8. The Morgan fingerprint density at radius 1 is 0.219 bits per heavy atom. The van der Waals surface area contributed by atoms with Crippen molar-refractivity contribution in [3.63, 3.8) is 0 Å². The zero-order valence-corrected chi connectivity index (χ0v) is 39.3. The summed E-state index contributed by atoms with van der Waals surface area (Å²) in [5.74, 6) is 1.89. The molecule has 0 fully saturated rings. The van der Waals surface area contributed by atoms with Gasteiger partial charge in [0, 0.05) is 102 Å². The Balaban J connectivity index is 0.931. The molecule has 0 N–H and O–H groups in total. The van der Waals surface area contributed by atoms with Gasteiger partial charge < -0.3 is 22.8 Å².